The van der Waals surface area contributed by atoms with E-state index in [4.69, 9.17) is 10.5 Å². The Kier molecular flexibility index (Phi) is 7.64. The van der Waals surface area contributed by atoms with E-state index >= 15 is 0 Å². The van der Waals surface area contributed by atoms with Crippen molar-refractivity contribution < 1.29 is 19.1 Å². The number of carbonyl (C=O) groups excluding carboxylic acids is 3. The Morgan fingerprint density at radius 3 is 2.33 bits per heavy atom. The maximum Gasteiger partial charge on any atom is 0.408 e. The number of nitrogens with one attached hydrogen (secondary N) is 2. The van der Waals surface area contributed by atoms with Crippen LogP contribution in [0.3, 0.4) is 0 Å². The minimum absolute atomic E-state index is 0.119. The molecule has 2 atom stereocenters. The fourth-order valence-corrected chi connectivity index (χ4v) is 2.82. The van der Waals surface area contributed by atoms with Crippen molar-refractivity contribution in [3.8, 4) is 0 Å². The summed E-state index contributed by atoms with van der Waals surface area (Å²) in [6.45, 7) is 4.02. The first-order chi connectivity index (χ1) is 12.8. The molecular formula is C20H29N3O4. The summed E-state index contributed by atoms with van der Waals surface area (Å²) < 4.78 is 5.20. The first kappa shape index (κ1) is 20.7. The highest BCUT2D eigenvalue weighted by molar-refractivity contribution is 5.90. The van der Waals surface area contributed by atoms with E-state index in [-0.39, 0.29) is 12.5 Å². The topological polar surface area (TPSA) is 111 Å². The van der Waals surface area contributed by atoms with E-state index in [0.29, 0.717) is 18.8 Å². The molecule has 0 bridgehead atoms. The molecule has 1 saturated carbocycles. The standard InChI is InChI=1S/C20H29N3O4/c1-13(2)10-17(19(25)22-16(18(21)24)11-14-8-9-14)23-20(26)27-12-15-6-4-3-5-7-15/h3-7,13-14,16-17H,8-12H2,1-2H3,(H2,21,24)(H,22,25)(H,23,26)/t16-,17+/m1/s1. The highest BCUT2D eigenvalue weighted by Gasteiger charge is 2.31. The summed E-state index contributed by atoms with van der Waals surface area (Å²) in [5, 5.41) is 5.29. The second-order valence-corrected chi connectivity index (χ2v) is 7.53. The van der Waals surface area contributed by atoms with Gasteiger partial charge in [-0.1, -0.05) is 57.0 Å². The Bertz CT molecular complexity index is 644. The molecule has 2 rings (SSSR count). The van der Waals surface area contributed by atoms with E-state index in [1.165, 1.54) is 0 Å². The van der Waals surface area contributed by atoms with Crippen LogP contribution in [0.4, 0.5) is 4.79 Å². The summed E-state index contributed by atoms with van der Waals surface area (Å²) in [6.07, 6.45) is 2.42. The summed E-state index contributed by atoms with van der Waals surface area (Å²) in [5.74, 6) is -0.351. The minimum Gasteiger partial charge on any atom is -0.445 e. The van der Waals surface area contributed by atoms with Crippen molar-refractivity contribution in [2.45, 2.75) is 58.2 Å². The van der Waals surface area contributed by atoms with E-state index in [2.05, 4.69) is 10.6 Å². The van der Waals surface area contributed by atoms with Crippen molar-refractivity contribution in [2.75, 3.05) is 0 Å². The monoisotopic (exact) mass is 375 g/mol. The molecule has 0 radical (unpaired) electrons. The summed E-state index contributed by atoms with van der Waals surface area (Å²) in [4.78, 5) is 36.4. The molecule has 4 N–H and O–H groups in total. The minimum atomic E-state index is -0.783. The molecule has 1 aromatic rings. The zero-order valence-corrected chi connectivity index (χ0v) is 15.9. The lowest BCUT2D eigenvalue weighted by Gasteiger charge is -2.23. The molecule has 148 valence electrons. The number of alkyl carbamates (subject to hydrolysis) is 1. The molecule has 27 heavy (non-hydrogen) atoms. The fourth-order valence-electron chi connectivity index (χ4n) is 2.82. The molecule has 7 heteroatoms. The van der Waals surface area contributed by atoms with E-state index in [9.17, 15) is 14.4 Å². The van der Waals surface area contributed by atoms with Gasteiger partial charge in [-0.05, 0) is 30.2 Å². The number of rotatable bonds is 10. The molecule has 7 nitrogen and oxygen atoms in total. The Labute approximate surface area is 160 Å². The number of ether oxygens (including phenoxy) is 1. The number of nitrogens with two attached hydrogens (primary N) is 1. The van der Waals surface area contributed by atoms with Crippen LogP contribution in [-0.2, 0) is 20.9 Å². The van der Waals surface area contributed by atoms with Gasteiger partial charge >= 0.3 is 6.09 Å². The number of hydrogen-bond acceptors (Lipinski definition) is 4. The summed E-state index contributed by atoms with van der Waals surface area (Å²) in [5.41, 5.74) is 6.27. The summed E-state index contributed by atoms with van der Waals surface area (Å²) >= 11 is 0. The van der Waals surface area contributed by atoms with Crippen LogP contribution < -0.4 is 16.4 Å². The quantitative estimate of drug-likeness (QED) is 0.581. The average Bonchev–Trinajstić information content (AvgIpc) is 3.43. The van der Waals surface area contributed by atoms with Crippen LogP contribution in [0.1, 0.15) is 45.1 Å². The zero-order valence-electron chi connectivity index (χ0n) is 15.9. The Hall–Kier alpha value is -2.57. The van der Waals surface area contributed by atoms with Crippen LogP contribution in [0.2, 0.25) is 0 Å². The number of benzene rings is 1. The van der Waals surface area contributed by atoms with Crippen LogP contribution in [0, 0.1) is 11.8 Å². The summed E-state index contributed by atoms with van der Waals surface area (Å²) in [7, 11) is 0. The Morgan fingerprint density at radius 1 is 1.11 bits per heavy atom. The average molecular weight is 375 g/mol. The zero-order chi connectivity index (χ0) is 19.8. The molecule has 1 aliphatic rings. The maximum absolute atomic E-state index is 12.6. The highest BCUT2D eigenvalue weighted by Crippen LogP contribution is 2.33. The van der Waals surface area contributed by atoms with Crippen molar-refractivity contribution in [1.29, 1.82) is 0 Å². The van der Waals surface area contributed by atoms with Gasteiger partial charge in [0.2, 0.25) is 11.8 Å². The fraction of sp³-hybridized carbons (Fsp3) is 0.550. The molecule has 0 spiro atoms. The van der Waals surface area contributed by atoms with Gasteiger partial charge in [-0.15, -0.1) is 0 Å². The van der Waals surface area contributed by atoms with E-state index in [1.807, 2.05) is 44.2 Å². The van der Waals surface area contributed by atoms with E-state index < -0.39 is 30.0 Å². The smallest absolute Gasteiger partial charge is 0.408 e. The van der Waals surface area contributed by atoms with Gasteiger partial charge in [0.05, 0.1) is 0 Å². The largest absolute Gasteiger partial charge is 0.445 e. The molecular weight excluding hydrogens is 346 g/mol. The van der Waals surface area contributed by atoms with Gasteiger partial charge in [-0.25, -0.2) is 4.79 Å². The van der Waals surface area contributed by atoms with Gasteiger partial charge in [-0.3, -0.25) is 9.59 Å². The third-order valence-corrected chi connectivity index (χ3v) is 4.45. The van der Waals surface area contributed by atoms with Crippen LogP contribution in [0.25, 0.3) is 0 Å². The SMILES string of the molecule is CC(C)C[C@H](NC(=O)OCc1ccccc1)C(=O)N[C@H](CC1CC1)C(N)=O. The van der Waals surface area contributed by atoms with Crippen LogP contribution in [-0.4, -0.2) is 30.0 Å². The Morgan fingerprint density at radius 2 is 1.78 bits per heavy atom. The number of amides is 3. The van der Waals surface area contributed by atoms with Crippen molar-refractivity contribution in [2.24, 2.45) is 17.6 Å². The van der Waals surface area contributed by atoms with E-state index in [0.717, 1.165) is 18.4 Å². The second-order valence-electron chi connectivity index (χ2n) is 7.53. The molecule has 0 unspecified atom stereocenters. The number of carbonyl (C=O) groups is 3. The second kappa shape index (κ2) is 9.94. The number of hydrogen-bond donors (Lipinski definition) is 3. The van der Waals surface area contributed by atoms with Crippen molar-refractivity contribution >= 4 is 17.9 Å². The van der Waals surface area contributed by atoms with Crippen LogP contribution in [0.15, 0.2) is 30.3 Å². The molecule has 0 heterocycles. The third-order valence-electron chi connectivity index (χ3n) is 4.45. The lowest BCUT2D eigenvalue weighted by atomic mass is 10.0. The molecule has 0 aromatic heterocycles. The first-order valence-corrected chi connectivity index (χ1v) is 9.42. The molecule has 0 aliphatic heterocycles. The van der Waals surface area contributed by atoms with Gasteiger partial charge in [0.15, 0.2) is 0 Å². The third kappa shape index (κ3) is 7.68. The molecule has 3 amide bonds. The van der Waals surface area contributed by atoms with E-state index in [1.54, 1.807) is 0 Å². The van der Waals surface area contributed by atoms with Gasteiger partial charge in [0.1, 0.15) is 18.7 Å². The normalized spacial score (nSPS) is 15.7. The summed E-state index contributed by atoms with van der Waals surface area (Å²) in [6, 6.07) is 7.80. The first-order valence-electron chi connectivity index (χ1n) is 9.42. The molecule has 1 aliphatic carbocycles. The van der Waals surface area contributed by atoms with Crippen LogP contribution >= 0.6 is 0 Å². The van der Waals surface area contributed by atoms with Crippen molar-refractivity contribution in [3.05, 3.63) is 35.9 Å². The highest BCUT2D eigenvalue weighted by atomic mass is 16.5. The molecule has 1 fully saturated rings. The number of primary amides is 1. The van der Waals surface area contributed by atoms with Crippen molar-refractivity contribution in [3.63, 3.8) is 0 Å². The van der Waals surface area contributed by atoms with Gasteiger partial charge < -0.3 is 21.1 Å². The predicted octanol–water partition coefficient (Wildman–Crippen LogP) is 2.10. The lowest BCUT2D eigenvalue weighted by Crippen LogP contribution is -2.53. The van der Waals surface area contributed by atoms with Crippen LogP contribution in [0.5, 0.6) is 0 Å². The van der Waals surface area contributed by atoms with Gasteiger partial charge in [-0.2, -0.15) is 0 Å². The molecule has 0 saturated heterocycles. The predicted molar refractivity (Wildman–Crippen MR) is 101 cm³/mol. The Balaban J connectivity index is 1.90. The maximum atomic E-state index is 12.6. The lowest BCUT2D eigenvalue weighted by molar-refractivity contribution is -0.129. The van der Waals surface area contributed by atoms with Crippen molar-refractivity contribution in [1.82, 2.24) is 10.6 Å². The molecule has 1 aromatic carbocycles. The van der Waals surface area contributed by atoms with Gasteiger partial charge in [0.25, 0.3) is 0 Å². The van der Waals surface area contributed by atoms with Gasteiger partial charge in [0, 0.05) is 0 Å².